The Morgan fingerprint density at radius 3 is 2.18 bits per heavy atom. The van der Waals surface area contributed by atoms with Crippen molar-refractivity contribution in [2.75, 3.05) is 13.2 Å². The molecule has 0 saturated carbocycles. The molecule has 2 N–H and O–H groups in total. The van der Waals surface area contributed by atoms with Crippen LogP contribution in [0.1, 0.15) is 12.8 Å². The summed E-state index contributed by atoms with van der Waals surface area (Å²) in [5.41, 5.74) is 0. The Balaban J connectivity index is 3.70. The van der Waals surface area contributed by atoms with Crippen molar-refractivity contribution in [2.45, 2.75) is 12.8 Å². The summed E-state index contributed by atoms with van der Waals surface area (Å²) >= 11 is 0. The fourth-order valence-corrected chi connectivity index (χ4v) is 0.848. The highest BCUT2D eigenvalue weighted by Gasteiger charge is 2.01. The van der Waals surface area contributed by atoms with E-state index >= 15 is 0 Å². The van der Waals surface area contributed by atoms with Gasteiger partial charge in [0.25, 0.3) is 0 Å². The van der Waals surface area contributed by atoms with E-state index in [-0.39, 0.29) is 19.1 Å². The van der Waals surface area contributed by atoms with E-state index < -0.39 is 0 Å². The van der Waals surface area contributed by atoms with Crippen LogP contribution in [-0.4, -0.2) is 23.4 Å². The van der Waals surface area contributed by atoms with Crippen molar-refractivity contribution in [3.05, 3.63) is 12.2 Å². The van der Waals surface area contributed by atoms with Crippen LogP contribution in [0.25, 0.3) is 0 Å². The minimum atomic E-state index is 0.0977. The first-order valence-electron chi connectivity index (χ1n) is 3.63. The normalized spacial score (nSPS) is 10.7. The van der Waals surface area contributed by atoms with Gasteiger partial charge in [-0.2, -0.15) is 5.26 Å². The Morgan fingerprint density at radius 1 is 1.27 bits per heavy atom. The Hall–Kier alpha value is -0.850. The van der Waals surface area contributed by atoms with Crippen molar-refractivity contribution < 1.29 is 10.2 Å². The van der Waals surface area contributed by atoms with Crippen molar-refractivity contribution in [1.29, 1.82) is 5.26 Å². The van der Waals surface area contributed by atoms with Gasteiger partial charge in [-0.1, -0.05) is 6.08 Å². The predicted octanol–water partition coefficient (Wildman–Crippen LogP) is 0.447. The van der Waals surface area contributed by atoms with Gasteiger partial charge in [-0.05, 0) is 18.8 Å². The maximum absolute atomic E-state index is 8.56. The third kappa shape index (κ3) is 5.59. The summed E-state index contributed by atoms with van der Waals surface area (Å²) in [7, 11) is 0. The third-order valence-corrected chi connectivity index (χ3v) is 1.44. The van der Waals surface area contributed by atoms with Gasteiger partial charge in [0.1, 0.15) is 0 Å². The summed E-state index contributed by atoms with van der Waals surface area (Å²) in [6, 6.07) is 1.87. The second kappa shape index (κ2) is 7.26. The van der Waals surface area contributed by atoms with Gasteiger partial charge >= 0.3 is 0 Å². The lowest BCUT2D eigenvalue weighted by atomic mass is 10.0. The SMILES string of the molecule is N#CC=CC(CCO)CCO. The zero-order valence-electron chi connectivity index (χ0n) is 6.40. The second-order valence-corrected chi connectivity index (χ2v) is 2.27. The minimum absolute atomic E-state index is 0.0977. The largest absolute Gasteiger partial charge is 0.396 e. The Kier molecular flexibility index (Phi) is 6.70. The van der Waals surface area contributed by atoms with Gasteiger partial charge in [0, 0.05) is 19.3 Å². The Morgan fingerprint density at radius 2 is 1.82 bits per heavy atom. The topological polar surface area (TPSA) is 64.2 Å². The average Bonchev–Trinajstić information content (AvgIpc) is 2.01. The van der Waals surface area contributed by atoms with Crippen LogP contribution < -0.4 is 0 Å². The minimum Gasteiger partial charge on any atom is -0.396 e. The second-order valence-electron chi connectivity index (χ2n) is 2.27. The molecule has 3 nitrogen and oxygen atoms in total. The maximum atomic E-state index is 8.56. The van der Waals surface area contributed by atoms with E-state index in [4.69, 9.17) is 15.5 Å². The van der Waals surface area contributed by atoms with Gasteiger partial charge in [0.2, 0.25) is 0 Å². The number of rotatable bonds is 5. The number of hydrogen-bond acceptors (Lipinski definition) is 3. The molecule has 0 atom stereocenters. The smallest absolute Gasteiger partial charge is 0.0908 e. The molecule has 0 spiro atoms. The first kappa shape index (κ1) is 10.2. The molecule has 0 heterocycles. The molecule has 0 aromatic carbocycles. The highest BCUT2D eigenvalue weighted by Crippen LogP contribution is 2.08. The molecular weight excluding hydrogens is 142 g/mol. The van der Waals surface area contributed by atoms with E-state index in [2.05, 4.69) is 0 Å². The molecule has 0 bridgehead atoms. The fourth-order valence-electron chi connectivity index (χ4n) is 0.848. The van der Waals surface area contributed by atoms with Crippen LogP contribution in [-0.2, 0) is 0 Å². The first-order chi connectivity index (χ1) is 5.35. The molecule has 0 rings (SSSR count). The average molecular weight is 155 g/mol. The Labute approximate surface area is 66.6 Å². The van der Waals surface area contributed by atoms with Crippen molar-refractivity contribution in [1.82, 2.24) is 0 Å². The number of nitrogens with zero attached hydrogens (tertiary/aromatic N) is 1. The summed E-state index contributed by atoms with van der Waals surface area (Å²) < 4.78 is 0. The summed E-state index contributed by atoms with van der Waals surface area (Å²) in [6.07, 6.45) is 4.32. The number of aliphatic hydroxyl groups is 2. The van der Waals surface area contributed by atoms with Crippen molar-refractivity contribution in [3.8, 4) is 6.07 Å². The molecule has 0 aromatic heterocycles. The van der Waals surface area contributed by atoms with Crippen molar-refractivity contribution >= 4 is 0 Å². The summed E-state index contributed by atoms with van der Waals surface area (Å²) in [5, 5.41) is 25.3. The molecule has 0 aromatic rings. The monoisotopic (exact) mass is 155 g/mol. The first-order valence-corrected chi connectivity index (χ1v) is 3.63. The summed E-state index contributed by atoms with van der Waals surface area (Å²) in [5.74, 6) is 0.129. The molecule has 0 radical (unpaired) electrons. The summed E-state index contributed by atoms with van der Waals surface area (Å²) in [6.45, 7) is 0.195. The van der Waals surface area contributed by atoms with E-state index in [1.807, 2.05) is 6.07 Å². The molecule has 3 heteroatoms. The lowest BCUT2D eigenvalue weighted by molar-refractivity contribution is 0.233. The molecular formula is C8H13NO2. The third-order valence-electron chi connectivity index (χ3n) is 1.44. The van der Waals surface area contributed by atoms with Crippen LogP contribution in [0.15, 0.2) is 12.2 Å². The molecule has 11 heavy (non-hydrogen) atoms. The highest BCUT2D eigenvalue weighted by atomic mass is 16.3. The zero-order valence-corrected chi connectivity index (χ0v) is 6.40. The lowest BCUT2D eigenvalue weighted by Crippen LogP contribution is -2.02. The van der Waals surface area contributed by atoms with E-state index in [1.54, 1.807) is 6.08 Å². The standard InChI is InChI=1S/C8H13NO2/c9-5-1-2-8(3-6-10)4-7-11/h1-2,8,10-11H,3-4,6-7H2. The van der Waals surface area contributed by atoms with E-state index in [0.717, 1.165) is 0 Å². The molecule has 62 valence electrons. The fraction of sp³-hybridized carbons (Fsp3) is 0.625. The molecule has 0 unspecified atom stereocenters. The van der Waals surface area contributed by atoms with Crippen molar-refractivity contribution in [3.63, 3.8) is 0 Å². The summed E-state index contributed by atoms with van der Waals surface area (Å²) in [4.78, 5) is 0. The molecule has 0 saturated heterocycles. The predicted molar refractivity (Wildman–Crippen MR) is 41.6 cm³/mol. The molecule has 0 amide bonds. The number of aliphatic hydroxyl groups excluding tert-OH is 2. The van der Waals surface area contributed by atoms with Crippen LogP contribution in [0.2, 0.25) is 0 Å². The van der Waals surface area contributed by atoms with Crippen LogP contribution in [0.4, 0.5) is 0 Å². The van der Waals surface area contributed by atoms with Gasteiger partial charge < -0.3 is 10.2 Å². The van der Waals surface area contributed by atoms with E-state index in [1.165, 1.54) is 6.08 Å². The number of hydrogen-bond donors (Lipinski definition) is 2. The van der Waals surface area contributed by atoms with Crippen LogP contribution >= 0.6 is 0 Å². The van der Waals surface area contributed by atoms with E-state index in [9.17, 15) is 0 Å². The van der Waals surface area contributed by atoms with Gasteiger partial charge in [-0.3, -0.25) is 0 Å². The van der Waals surface area contributed by atoms with E-state index in [0.29, 0.717) is 12.8 Å². The van der Waals surface area contributed by atoms with Gasteiger partial charge in [-0.25, -0.2) is 0 Å². The molecule has 0 aliphatic carbocycles. The van der Waals surface area contributed by atoms with Gasteiger partial charge in [0.05, 0.1) is 6.07 Å². The van der Waals surface area contributed by atoms with Gasteiger partial charge in [-0.15, -0.1) is 0 Å². The van der Waals surface area contributed by atoms with Crippen molar-refractivity contribution in [2.24, 2.45) is 5.92 Å². The molecule has 0 aliphatic heterocycles. The van der Waals surface area contributed by atoms with Crippen LogP contribution in [0, 0.1) is 17.2 Å². The highest BCUT2D eigenvalue weighted by molar-refractivity contribution is 5.03. The maximum Gasteiger partial charge on any atom is 0.0908 e. The van der Waals surface area contributed by atoms with Crippen LogP contribution in [0.3, 0.4) is 0 Å². The molecule has 0 fully saturated rings. The molecule has 0 aliphatic rings. The zero-order chi connectivity index (χ0) is 8.53. The van der Waals surface area contributed by atoms with Gasteiger partial charge in [0.15, 0.2) is 0 Å². The Bertz CT molecular complexity index is 143. The number of allylic oxidation sites excluding steroid dienone is 2. The number of nitriles is 1. The lowest BCUT2D eigenvalue weighted by Gasteiger charge is -2.06. The quantitative estimate of drug-likeness (QED) is 0.566. The van der Waals surface area contributed by atoms with Crippen LogP contribution in [0.5, 0.6) is 0 Å².